The summed E-state index contributed by atoms with van der Waals surface area (Å²) in [7, 11) is 0. The minimum absolute atomic E-state index is 0.345. The Labute approximate surface area is 104 Å². The van der Waals surface area contributed by atoms with E-state index in [0.717, 1.165) is 23.1 Å². The lowest BCUT2D eigenvalue weighted by atomic mass is 9.78. The predicted octanol–water partition coefficient (Wildman–Crippen LogP) is 3.94. The van der Waals surface area contributed by atoms with Crippen molar-refractivity contribution in [3.05, 3.63) is 23.8 Å². The molecule has 3 atom stereocenters. The Morgan fingerprint density at radius 3 is 2.71 bits per heavy atom. The van der Waals surface area contributed by atoms with Gasteiger partial charge in [-0.2, -0.15) is 0 Å². The summed E-state index contributed by atoms with van der Waals surface area (Å²) in [6, 6.07) is 6.13. The Morgan fingerprint density at radius 2 is 2.00 bits per heavy atom. The second-order valence-corrected chi connectivity index (χ2v) is 5.52. The fraction of sp³-hybridized carbons (Fsp3) is 0.600. The summed E-state index contributed by atoms with van der Waals surface area (Å²) in [5, 5.41) is 13.1. The smallest absolute Gasteiger partial charge is 0.115 e. The van der Waals surface area contributed by atoms with E-state index in [0.29, 0.717) is 11.8 Å². The molecule has 0 aliphatic heterocycles. The van der Waals surface area contributed by atoms with Gasteiger partial charge in [0.15, 0.2) is 0 Å². The van der Waals surface area contributed by atoms with Crippen molar-refractivity contribution < 1.29 is 5.11 Å². The van der Waals surface area contributed by atoms with Gasteiger partial charge < -0.3 is 10.4 Å². The largest absolute Gasteiger partial charge is 0.508 e. The lowest BCUT2D eigenvalue weighted by Gasteiger charge is -2.35. The second-order valence-electron chi connectivity index (χ2n) is 5.52. The van der Waals surface area contributed by atoms with Gasteiger partial charge in [-0.3, -0.25) is 0 Å². The molecule has 2 N–H and O–H groups in total. The number of nitrogens with one attached hydrogen (secondary N) is 1. The Hall–Kier alpha value is -1.18. The third-order valence-corrected chi connectivity index (χ3v) is 4.26. The van der Waals surface area contributed by atoms with Crippen LogP contribution in [0, 0.1) is 18.8 Å². The monoisotopic (exact) mass is 233 g/mol. The molecule has 0 aromatic heterocycles. The fourth-order valence-electron chi connectivity index (χ4n) is 2.80. The molecule has 17 heavy (non-hydrogen) atoms. The van der Waals surface area contributed by atoms with E-state index < -0.39 is 0 Å². The molecule has 0 amide bonds. The zero-order valence-corrected chi connectivity index (χ0v) is 11.0. The summed E-state index contributed by atoms with van der Waals surface area (Å²) in [5.74, 6) is 1.87. The first-order valence-corrected chi connectivity index (χ1v) is 6.64. The molecule has 1 aliphatic carbocycles. The van der Waals surface area contributed by atoms with Crippen LogP contribution in [0.15, 0.2) is 18.2 Å². The number of rotatable bonds is 2. The van der Waals surface area contributed by atoms with Crippen molar-refractivity contribution in [3.8, 4) is 5.75 Å². The molecule has 3 unspecified atom stereocenters. The summed E-state index contributed by atoms with van der Waals surface area (Å²) < 4.78 is 0. The minimum atomic E-state index is 0.345. The van der Waals surface area contributed by atoms with Crippen molar-refractivity contribution in [3.63, 3.8) is 0 Å². The lowest BCUT2D eigenvalue weighted by Crippen LogP contribution is -2.35. The Morgan fingerprint density at radius 1 is 1.24 bits per heavy atom. The number of hydrogen-bond acceptors (Lipinski definition) is 2. The molecule has 0 radical (unpaired) electrons. The van der Waals surface area contributed by atoms with E-state index in [1.165, 1.54) is 19.3 Å². The first-order chi connectivity index (χ1) is 8.08. The van der Waals surface area contributed by atoms with Gasteiger partial charge in [0, 0.05) is 11.7 Å². The van der Waals surface area contributed by atoms with Crippen LogP contribution in [0.1, 0.15) is 38.7 Å². The van der Waals surface area contributed by atoms with Crippen molar-refractivity contribution in [1.29, 1.82) is 0 Å². The quantitative estimate of drug-likeness (QED) is 0.758. The maximum atomic E-state index is 9.41. The van der Waals surface area contributed by atoms with Gasteiger partial charge in [0.05, 0.1) is 0 Å². The summed E-state index contributed by atoms with van der Waals surface area (Å²) in [5.41, 5.74) is 2.28. The molecular weight excluding hydrogens is 210 g/mol. The zero-order chi connectivity index (χ0) is 12.4. The van der Waals surface area contributed by atoms with Crippen LogP contribution >= 0.6 is 0 Å². The van der Waals surface area contributed by atoms with Gasteiger partial charge in [0.2, 0.25) is 0 Å². The third-order valence-electron chi connectivity index (χ3n) is 4.26. The number of benzene rings is 1. The van der Waals surface area contributed by atoms with Crippen molar-refractivity contribution >= 4 is 5.69 Å². The first-order valence-electron chi connectivity index (χ1n) is 6.64. The summed E-state index contributed by atoms with van der Waals surface area (Å²) >= 11 is 0. The SMILES string of the molecule is Cc1cc(O)ccc1NC1CCCC(C)C1C. The average Bonchev–Trinajstić information content (AvgIpc) is 2.28. The fourth-order valence-corrected chi connectivity index (χ4v) is 2.80. The van der Waals surface area contributed by atoms with Crippen molar-refractivity contribution in [2.75, 3.05) is 5.32 Å². The molecule has 2 rings (SSSR count). The summed E-state index contributed by atoms with van der Waals surface area (Å²) in [6.07, 6.45) is 3.93. The van der Waals surface area contributed by atoms with Crippen molar-refractivity contribution in [2.45, 2.75) is 46.1 Å². The molecule has 94 valence electrons. The van der Waals surface area contributed by atoms with Gasteiger partial charge in [-0.25, -0.2) is 0 Å². The van der Waals surface area contributed by atoms with Crippen LogP contribution in [0.3, 0.4) is 0 Å². The molecule has 1 fully saturated rings. The van der Waals surface area contributed by atoms with Crippen molar-refractivity contribution in [2.24, 2.45) is 11.8 Å². The number of aryl methyl sites for hydroxylation is 1. The van der Waals surface area contributed by atoms with Crippen LogP contribution in [0.2, 0.25) is 0 Å². The van der Waals surface area contributed by atoms with E-state index in [2.05, 4.69) is 19.2 Å². The first kappa shape index (κ1) is 12.3. The van der Waals surface area contributed by atoms with E-state index in [9.17, 15) is 5.11 Å². The van der Waals surface area contributed by atoms with Gasteiger partial charge in [0.25, 0.3) is 0 Å². The highest BCUT2D eigenvalue weighted by molar-refractivity contribution is 5.54. The van der Waals surface area contributed by atoms with Crippen LogP contribution in [0.4, 0.5) is 5.69 Å². The number of phenols is 1. The molecule has 0 spiro atoms. The maximum Gasteiger partial charge on any atom is 0.115 e. The van der Waals surface area contributed by atoms with Crippen molar-refractivity contribution in [1.82, 2.24) is 0 Å². The van der Waals surface area contributed by atoms with Crippen LogP contribution in [-0.4, -0.2) is 11.1 Å². The minimum Gasteiger partial charge on any atom is -0.508 e. The van der Waals surface area contributed by atoms with Gasteiger partial charge in [-0.15, -0.1) is 0 Å². The third kappa shape index (κ3) is 2.74. The number of phenolic OH excluding ortho intramolecular Hbond substituents is 1. The average molecular weight is 233 g/mol. The van der Waals surface area contributed by atoms with Gasteiger partial charge in [-0.05, 0) is 48.9 Å². The standard InChI is InChI=1S/C15H23NO/c1-10-5-4-6-15(12(10)3)16-14-8-7-13(17)9-11(14)2/h7-10,12,15-17H,4-6H2,1-3H3. The molecule has 1 saturated carbocycles. The Bertz CT molecular complexity index is 389. The van der Waals surface area contributed by atoms with Crippen LogP contribution in [0.5, 0.6) is 5.75 Å². The highest BCUT2D eigenvalue weighted by Crippen LogP contribution is 2.32. The molecule has 0 saturated heterocycles. The summed E-state index contributed by atoms with van der Waals surface area (Å²) in [4.78, 5) is 0. The Kier molecular flexibility index (Phi) is 3.60. The normalized spacial score (nSPS) is 29.0. The molecule has 0 bridgehead atoms. The number of hydrogen-bond donors (Lipinski definition) is 2. The van der Waals surface area contributed by atoms with Gasteiger partial charge in [0.1, 0.15) is 5.75 Å². The Balaban J connectivity index is 2.09. The molecule has 1 aliphatic rings. The number of anilines is 1. The van der Waals surface area contributed by atoms with E-state index in [1.807, 2.05) is 19.1 Å². The molecule has 2 heteroatoms. The maximum absolute atomic E-state index is 9.41. The lowest BCUT2D eigenvalue weighted by molar-refractivity contribution is 0.253. The van der Waals surface area contributed by atoms with E-state index in [4.69, 9.17) is 0 Å². The van der Waals surface area contributed by atoms with Crippen LogP contribution in [-0.2, 0) is 0 Å². The van der Waals surface area contributed by atoms with Crippen LogP contribution in [0.25, 0.3) is 0 Å². The predicted molar refractivity (Wildman–Crippen MR) is 72.4 cm³/mol. The second kappa shape index (κ2) is 4.99. The zero-order valence-electron chi connectivity index (χ0n) is 11.0. The molecular formula is C15H23NO. The van der Waals surface area contributed by atoms with E-state index in [-0.39, 0.29) is 0 Å². The molecule has 2 nitrogen and oxygen atoms in total. The topological polar surface area (TPSA) is 32.3 Å². The van der Waals surface area contributed by atoms with Gasteiger partial charge >= 0.3 is 0 Å². The van der Waals surface area contributed by atoms with E-state index >= 15 is 0 Å². The van der Waals surface area contributed by atoms with Crippen LogP contribution < -0.4 is 5.32 Å². The number of aromatic hydroxyl groups is 1. The molecule has 1 aromatic rings. The highest BCUT2D eigenvalue weighted by atomic mass is 16.3. The highest BCUT2D eigenvalue weighted by Gasteiger charge is 2.26. The van der Waals surface area contributed by atoms with Gasteiger partial charge in [-0.1, -0.05) is 26.7 Å². The molecule has 1 aromatic carbocycles. The van der Waals surface area contributed by atoms with E-state index in [1.54, 1.807) is 6.07 Å². The molecule has 0 heterocycles. The summed E-state index contributed by atoms with van der Waals surface area (Å²) in [6.45, 7) is 6.73.